The summed E-state index contributed by atoms with van der Waals surface area (Å²) in [5, 5.41) is 13.1. The lowest BCUT2D eigenvalue weighted by atomic mass is 9.86. The van der Waals surface area contributed by atoms with Gasteiger partial charge in [-0.15, -0.1) is 24.0 Å². The van der Waals surface area contributed by atoms with Gasteiger partial charge in [-0.2, -0.15) is 0 Å². The molecule has 2 N–H and O–H groups in total. The van der Waals surface area contributed by atoms with Crippen molar-refractivity contribution in [1.29, 1.82) is 0 Å². The lowest BCUT2D eigenvalue weighted by Gasteiger charge is -2.33. The molecule has 2 rings (SSSR count). The van der Waals surface area contributed by atoms with Crippen molar-refractivity contribution in [2.24, 2.45) is 10.4 Å². The van der Waals surface area contributed by atoms with Gasteiger partial charge in [0.1, 0.15) is 0 Å². The van der Waals surface area contributed by atoms with Gasteiger partial charge in [-0.1, -0.05) is 44.2 Å². The fraction of sp³-hybridized carbons (Fsp3) is 0.632. The van der Waals surface area contributed by atoms with E-state index in [1.165, 1.54) is 5.56 Å². The van der Waals surface area contributed by atoms with Crippen LogP contribution in [-0.2, 0) is 6.42 Å². The highest BCUT2D eigenvalue weighted by molar-refractivity contribution is 14.0. The summed E-state index contributed by atoms with van der Waals surface area (Å²) < 4.78 is 0. The quantitative estimate of drug-likeness (QED) is 0.416. The van der Waals surface area contributed by atoms with Gasteiger partial charge in [0.15, 0.2) is 5.96 Å². The maximum absolute atomic E-state index is 9.67. The van der Waals surface area contributed by atoms with Gasteiger partial charge in [0.05, 0.1) is 6.10 Å². The van der Waals surface area contributed by atoms with Gasteiger partial charge in [0.2, 0.25) is 0 Å². The number of hydrogen-bond acceptors (Lipinski definition) is 2. The highest BCUT2D eigenvalue weighted by Gasteiger charge is 2.22. The van der Waals surface area contributed by atoms with Crippen molar-refractivity contribution in [3.05, 3.63) is 35.9 Å². The largest absolute Gasteiger partial charge is 0.393 e. The number of piperidine rings is 1. The van der Waals surface area contributed by atoms with Crippen LogP contribution in [0.15, 0.2) is 35.3 Å². The third-order valence-electron chi connectivity index (χ3n) is 4.28. The van der Waals surface area contributed by atoms with E-state index < -0.39 is 0 Å². The van der Waals surface area contributed by atoms with Gasteiger partial charge >= 0.3 is 0 Å². The first-order valence-electron chi connectivity index (χ1n) is 8.75. The molecule has 0 saturated carbocycles. The molecule has 1 saturated heterocycles. The SMILES string of the molecule is CCNC(=NCC(C)(C)Cc1ccccc1)N1CCC(O)CC1.I. The molecule has 1 aromatic carbocycles. The Morgan fingerprint density at radius 3 is 2.46 bits per heavy atom. The molecule has 24 heavy (non-hydrogen) atoms. The zero-order valence-corrected chi connectivity index (χ0v) is 17.5. The van der Waals surface area contributed by atoms with Gasteiger partial charge < -0.3 is 15.3 Å². The number of benzene rings is 1. The molecule has 4 nitrogen and oxygen atoms in total. The molecule has 0 bridgehead atoms. The standard InChI is InChI=1S/C19H31N3O.HI/c1-4-20-18(22-12-10-17(23)11-13-22)21-15-19(2,3)14-16-8-6-5-7-9-16;/h5-9,17,23H,4,10-15H2,1-3H3,(H,20,21);1H. The molecule has 5 heteroatoms. The Morgan fingerprint density at radius 2 is 1.88 bits per heavy atom. The van der Waals surface area contributed by atoms with Crippen molar-refractivity contribution in [1.82, 2.24) is 10.2 Å². The molecular weight excluding hydrogens is 413 g/mol. The van der Waals surface area contributed by atoms with E-state index in [2.05, 4.69) is 61.3 Å². The molecule has 1 aromatic rings. The van der Waals surface area contributed by atoms with E-state index in [0.717, 1.165) is 51.4 Å². The number of aliphatic hydroxyl groups excluding tert-OH is 1. The average molecular weight is 445 g/mol. The lowest BCUT2D eigenvalue weighted by Crippen LogP contribution is -2.47. The number of rotatable bonds is 5. The van der Waals surface area contributed by atoms with Crippen molar-refractivity contribution in [3.8, 4) is 0 Å². The fourth-order valence-corrected chi connectivity index (χ4v) is 3.00. The number of aliphatic hydroxyl groups is 1. The maximum Gasteiger partial charge on any atom is 0.193 e. The van der Waals surface area contributed by atoms with Crippen LogP contribution < -0.4 is 5.32 Å². The zero-order chi connectivity index (χ0) is 16.7. The van der Waals surface area contributed by atoms with Crippen molar-refractivity contribution >= 4 is 29.9 Å². The summed E-state index contributed by atoms with van der Waals surface area (Å²) in [5.41, 5.74) is 1.48. The summed E-state index contributed by atoms with van der Waals surface area (Å²) in [5.74, 6) is 0.987. The number of halogens is 1. The lowest BCUT2D eigenvalue weighted by molar-refractivity contribution is 0.108. The van der Waals surface area contributed by atoms with Crippen molar-refractivity contribution < 1.29 is 5.11 Å². The van der Waals surface area contributed by atoms with Crippen LogP contribution in [0.1, 0.15) is 39.2 Å². The van der Waals surface area contributed by atoms with E-state index in [0.29, 0.717) is 0 Å². The van der Waals surface area contributed by atoms with E-state index in [9.17, 15) is 5.11 Å². The Hall–Kier alpha value is -0.820. The summed E-state index contributed by atoms with van der Waals surface area (Å²) in [7, 11) is 0. The minimum Gasteiger partial charge on any atom is -0.393 e. The van der Waals surface area contributed by atoms with Crippen LogP contribution in [0.2, 0.25) is 0 Å². The summed E-state index contributed by atoms with van der Waals surface area (Å²) in [6.45, 7) is 10.1. The molecule has 0 spiro atoms. The van der Waals surface area contributed by atoms with Crippen LogP contribution in [0.25, 0.3) is 0 Å². The van der Waals surface area contributed by atoms with Gasteiger partial charge in [-0.25, -0.2) is 0 Å². The Bertz CT molecular complexity index is 497. The minimum atomic E-state index is -0.149. The van der Waals surface area contributed by atoms with E-state index in [4.69, 9.17) is 4.99 Å². The minimum absolute atomic E-state index is 0. The van der Waals surface area contributed by atoms with Crippen molar-refractivity contribution in [2.45, 2.75) is 46.1 Å². The molecule has 1 aliphatic rings. The number of aliphatic imine (C=N–C) groups is 1. The number of guanidine groups is 1. The first kappa shape index (κ1) is 21.2. The number of nitrogens with one attached hydrogen (secondary N) is 1. The number of likely N-dealkylation sites (tertiary alicyclic amines) is 1. The second-order valence-corrected chi connectivity index (χ2v) is 7.21. The predicted octanol–water partition coefficient (Wildman–Crippen LogP) is 3.30. The Balaban J connectivity index is 0.00000288. The topological polar surface area (TPSA) is 47.9 Å². The third kappa shape index (κ3) is 6.97. The smallest absolute Gasteiger partial charge is 0.193 e. The van der Waals surface area contributed by atoms with Crippen LogP contribution in [0, 0.1) is 5.41 Å². The second kappa shape index (κ2) is 10.2. The molecule has 0 unspecified atom stereocenters. The van der Waals surface area contributed by atoms with E-state index >= 15 is 0 Å². The van der Waals surface area contributed by atoms with Crippen LogP contribution >= 0.6 is 24.0 Å². The average Bonchev–Trinajstić information content (AvgIpc) is 2.53. The molecule has 1 aliphatic heterocycles. The molecule has 0 atom stereocenters. The van der Waals surface area contributed by atoms with Crippen molar-refractivity contribution in [2.75, 3.05) is 26.2 Å². The molecule has 0 aliphatic carbocycles. The maximum atomic E-state index is 9.67. The molecular formula is C19H32IN3O. The zero-order valence-electron chi connectivity index (χ0n) is 15.2. The van der Waals surface area contributed by atoms with Gasteiger partial charge in [-0.3, -0.25) is 4.99 Å². The number of nitrogens with zero attached hydrogens (tertiary/aromatic N) is 2. The highest BCUT2D eigenvalue weighted by Crippen LogP contribution is 2.22. The number of hydrogen-bond donors (Lipinski definition) is 2. The highest BCUT2D eigenvalue weighted by atomic mass is 127. The summed E-state index contributed by atoms with van der Waals surface area (Å²) in [6.07, 6.45) is 2.54. The molecule has 0 radical (unpaired) electrons. The van der Waals surface area contributed by atoms with E-state index in [-0.39, 0.29) is 35.5 Å². The first-order valence-corrected chi connectivity index (χ1v) is 8.75. The van der Waals surface area contributed by atoms with Gasteiger partial charge in [0.25, 0.3) is 0 Å². The van der Waals surface area contributed by atoms with Crippen LogP contribution in [0.4, 0.5) is 0 Å². The molecule has 0 aromatic heterocycles. The summed E-state index contributed by atoms with van der Waals surface area (Å²) >= 11 is 0. The van der Waals surface area contributed by atoms with E-state index in [1.807, 2.05) is 0 Å². The molecule has 1 heterocycles. The summed E-state index contributed by atoms with van der Waals surface area (Å²) in [6, 6.07) is 10.6. The first-order chi connectivity index (χ1) is 11.0. The third-order valence-corrected chi connectivity index (χ3v) is 4.28. The Morgan fingerprint density at radius 1 is 1.25 bits per heavy atom. The van der Waals surface area contributed by atoms with Gasteiger partial charge in [0, 0.05) is 26.2 Å². The molecule has 0 amide bonds. The normalized spacial score (nSPS) is 16.7. The Labute approximate surface area is 163 Å². The monoisotopic (exact) mass is 445 g/mol. The second-order valence-electron chi connectivity index (χ2n) is 7.21. The van der Waals surface area contributed by atoms with Crippen LogP contribution in [-0.4, -0.2) is 48.2 Å². The molecule has 1 fully saturated rings. The predicted molar refractivity (Wildman–Crippen MR) is 112 cm³/mol. The van der Waals surface area contributed by atoms with Crippen LogP contribution in [0.3, 0.4) is 0 Å². The van der Waals surface area contributed by atoms with E-state index in [1.54, 1.807) is 0 Å². The van der Waals surface area contributed by atoms with Crippen LogP contribution in [0.5, 0.6) is 0 Å². The summed E-state index contributed by atoms with van der Waals surface area (Å²) in [4.78, 5) is 7.15. The Kier molecular flexibility index (Phi) is 9.05. The fourth-order valence-electron chi connectivity index (χ4n) is 3.00. The molecule has 136 valence electrons. The van der Waals surface area contributed by atoms with Crippen molar-refractivity contribution in [3.63, 3.8) is 0 Å². The van der Waals surface area contributed by atoms with Gasteiger partial charge in [-0.05, 0) is 37.2 Å².